The second-order valence-electron chi connectivity index (χ2n) is 5.56. The molecule has 1 atom stereocenters. The number of benzene rings is 1. The molecular formula is C16H16Cl2N2O3S. The number of aryl methyl sites for hydroxylation is 1. The summed E-state index contributed by atoms with van der Waals surface area (Å²) < 4.78 is 0. The normalized spacial score (nSPS) is 12.2. The van der Waals surface area contributed by atoms with Crippen LogP contribution in [0.1, 0.15) is 29.2 Å². The summed E-state index contributed by atoms with van der Waals surface area (Å²) in [4.78, 5) is 28.4. The molecule has 2 aromatic rings. The van der Waals surface area contributed by atoms with E-state index >= 15 is 0 Å². The molecule has 8 heteroatoms. The number of aliphatic carboxylic acids is 1. The van der Waals surface area contributed by atoms with Crippen LogP contribution in [0, 0.1) is 12.8 Å². The smallest absolute Gasteiger partial charge is 0.326 e. The zero-order valence-electron chi connectivity index (χ0n) is 13.3. The Morgan fingerprint density at radius 3 is 2.33 bits per heavy atom. The summed E-state index contributed by atoms with van der Waals surface area (Å²) in [6.45, 7) is 5.14. The van der Waals surface area contributed by atoms with Gasteiger partial charge in [-0.25, -0.2) is 9.78 Å². The van der Waals surface area contributed by atoms with Gasteiger partial charge in [-0.3, -0.25) is 4.79 Å². The molecule has 0 unspecified atom stereocenters. The molecule has 1 aromatic carbocycles. The Bertz CT molecular complexity index is 769. The highest BCUT2D eigenvalue weighted by atomic mass is 35.5. The molecule has 0 fully saturated rings. The molecule has 0 aliphatic carbocycles. The molecule has 5 nitrogen and oxygen atoms in total. The summed E-state index contributed by atoms with van der Waals surface area (Å²) in [6, 6.07) is 4.14. The van der Waals surface area contributed by atoms with Gasteiger partial charge in [0.25, 0.3) is 5.91 Å². The number of nitrogens with zero attached hydrogens (tertiary/aromatic N) is 1. The number of carbonyl (C=O) groups is 2. The number of amides is 1. The first-order valence-corrected chi connectivity index (χ1v) is 8.75. The lowest BCUT2D eigenvalue weighted by atomic mass is 10.0. The average Bonchev–Trinajstić information content (AvgIpc) is 2.85. The van der Waals surface area contributed by atoms with Crippen molar-refractivity contribution in [2.75, 3.05) is 0 Å². The first-order valence-electron chi connectivity index (χ1n) is 7.17. The Balaban J connectivity index is 2.35. The molecule has 0 spiro atoms. The number of rotatable bonds is 5. The van der Waals surface area contributed by atoms with Crippen LogP contribution in [0.2, 0.25) is 10.0 Å². The molecule has 1 amide bonds. The predicted molar refractivity (Wildman–Crippen MR) is 96.0 cm³/mol. The van der Waals surface area contributed by atoms with Crippen molar-refractivity contribution < 1.29 is 14.7 Å². The highest BCUT2D eigenvalue weighted by Crippen LogP contribution is 2.37. The van der Waals surface area contributed by atoms with Gasteiger partial charge >= 0.3 is 5.97 Å². The van der Waals surface area contributed by atoms with Gasteiger partial charge in [0.15, 0.2) is 0 Å². The van der Waals surface area contributed by atoms with E-state index in [0.717, 1.165) is 11.3 Å². The standard InChI is InChI=1S/C16H16Cl2N2O3S/c1-7(2)12(16(22)23)20-14(21)13-8(3)19-15(24-13)11-9(17)5-4-6-10(11)18/h4-7,12H,1-3H3,(H,20,21)(H,22,23)/t12-/m0/s1. The number of carbonyl (C=O) groups excluding carboxylic acids is 1. The number of nitrogens with one attached hydrogen (secondary N) is 1. The molecule has 1 heterocycles. The van der Waals surface area contributed by atoms with Crippen LogP contribution in [-0.4, -0.2) is 28.0 Å². The fraction of sp³-hybridized carbons (Fsp3) is 0.312. The van der Waals surface area contributed by atoms with Crippen LogP contribution in [0.4, 0.5) is 0 Å². The van der Waals surface area contributed by atoms with Crippen molar-refractivity contribution in [1.29, 1.82) is 0 Å². The first kappa shape index (κ1) is 18.7. The minimum absolute atomic E-state index is 0.239. The van der Waals surface area contributed by atoms with Crippen molar-refractivity contribution in [1.82, 2.24) is 10.3 Å². The first-order chi connectivity index (χ1) is 11.2. The Morgan fingerprint density at radius 2 is 1.83 bits per heavy atom. The van der Waals surface area contributed by atoms with Gasteiger partial charge in [-0.2, -0.15) is 0 Å². The maximum absolute atomic E-state index is 12.4. The van der Waals surface area contributed by atoms with Gasteiger partial charge in [0.05, 0.1) is 15.7 Å². The molecule has 0 aliphatic rings. The van der Waals surface area contributed by atoms with E-state index in [0.29, 0.717) is 31.2 Å². The number of thiazole rings is 1. The third-order valence-electron chi connectivity index (χ3n) is 3.40. The molecule has 128 valence electrons. The number of halogens is 2. The average molecular weight is 387 g/mol. The van der Waals surface area contributed by atoms with Gasteiger partial charge in [0.1, 0.15) is 15.9 Å². The molecule has 0 radical (unpaired) electrons. The monoisotopic (exact) mass is 386 g/mol. The quantitative estimate of drug-likeness (QED) is 0.803. The van der Waals surface area contributed by atoms with Crippen LogP contribution < -0.4 is 5.32 Å². The number of hydrogen-bond donors (Lipinski definition) is 2. The summed E-state index contributed by atoms with van der Waals surface area (Å²) in [5, 5.41) is 13.1. The van der Waals surface area contributed by atoms with Gasteiger partial charge in [-0.1, -0.05) is 43.1 Å². The Labute approximate surface area is 153 Å². The third kappa shape index (κ3) is 3.88. The van der Waals surface area contributed by atoms with E-state index < -0.39 is 17.9 Å². The highest BCUT2D eigenvalue weighted by Gasteiger charge is 2.26. The predicted octanol–water partition coefficient (Wildman–Crippen LogP) is 4.26. The van der Waals surface area contributed by atoms with Crippen LogP contribution >= 0.6 is 34.5 Å². The molecule has 0 bridgehead atoms. The third-order valence-corrected chi connectivity index (χ3v) is 5.20. The van der Waals surface area contributed by atoms with Gasteiger partial charge in [-0.05, 0) is 25.0 Å². The van der Waals surface area contributed by atoms with Crippen LogP contribution in [0.25, 0.3) is 10.6 Å². The molecule has 0 aliphatic heterocycles. The number of hydrogen-bond acceptors (Lipinski definition) is 4. The minimum Gasteiger partial charge on any atom is -0.480 e. The van der Waals surface area contributed by atoms with E-state index in [1.807, 2.05) is 0 Å². The van der Waals surface area contributed by atoms with E-state index in [1.54, 1.807) is 39.0 Å². The van der Waals surface area contributed by atoms with Crippen molar-refractivity contribution in [2.24, 2.45) is 5.92 Å². The maximum atomic E-state index is 12.4. The van der Waals surface area contributed by atoms with E-state index in [-0.39, 0.29) is 5.92 Å². The van der Waals surface area contributed by atoms with Gasteiger partial charge < -0.3 is 10.4 Å². The summed E-state index contributed by atoms with van der Waals surface area (Å²) in [5.41, 5.74) is 1.06. The van der Waals surface area contributed by atoms with Gasteiger partial charge in [0, 0.05) is 5.56 Å². The summed E-state index contributed by atoms with van der Waals surface area (Å²) in [7, 11) is 0. The Morgan fingerprint density at radius 1 is 1.25 bits per heavy atom. The number of aromatic nitrogens is 1. The second-order valence-corrected chi connectivity index (χ2v) is 7.38. The van der Waals surface area contributed by atoms with Crippen molar-refractivity contribution in [3.63, 3.8) is 0 Å². The molecule has 0 saturated heterocycles. The largest absolute Gasteiger partial charge is 0.480 e. The van der Waals surface area contributed by atoms with Crippen molar-refractivity contribution in [3.8, 4) is 10.6 Å². The topological polar surface area (TPSA) is 79.3 Å². The highest BCUT2D eigenvalue weighted by molar-refractivity contribution is 7.17. The SMILES string of the molecule is Cc1nc(-c2c(Cl)cccc2Cl)sc1C(=O)N[C@H](C(=O)O)C(C)C. The molecular weight excluding hydrogens is 371 g/mol. The van der Waals surface area contributed by atoms with Gasteiger partial charge in [0.2, 0.25) is 0 Å². The second kappa shape index (κ2) is 7.51. The van der Waals surface area contributed by atoms with Crippen molar-refractivity contribution in [3.05, 3.63) is 38.8 Å². The van der Waals surface area contributed by atoms with Crippen LogP contribution in [0.5, 0.6) is 0 Å². The lowest BCUT2D eigenvalue weighted by Crippen LogP contribution is -2.44. The fourth-order valence-electron chi connectivity index (χ4n) is 2.14. The van der Waals surface area contributed by atoms with E-state index in [9.17, 15) is 14.7 Å². The van der Waals surface area contributed by atoms with Crippen LogP contribution in [0.3, 0.4) is 0 Å². The van der Waals surface area contributed by atoms with Crippen molar-refractivity contribution in [2.45, 2.75) is 26.8 Å². The van der Waals surface area contributed by atoms with Crippen LogP contribution in [-0.2, 0) is 4.79 Å². The fourth-order valence-corrected chi connectivity index (χ4v) is 3.87. The number of carboxylic acids is 1. The van der Waals surface area contributed by atoms with Gasteiger partial charge in [-0.15, -0.1) is 11.3 Å². The van der Waals surface area contributed by atoms with E-state index in [2.05, 4.69) is 10.3 Å². The number of carboxylic acid groups (broad SMARTS) is 1. The molecule has 24 heavy (non-hydrogen) atoms. The zero-order valence-corrected chi connectivity index (χ0v) is 15.6. The maximum Gasteiger partial charge on any atom is 0.326 e. The summed E-state index contributed by atoms with van der Waals surface area (Å²) >= 11 is 13.5. The molecule has 1 aromatic heterocycles. The minimum atomic E-state index is -1.07. The lowest BCUT2D eigenvalue weighted by Gasteiger charge is -2.17. The summed E-state index contributed by atoms with van der Waals surface area (Å²) in [6.07, 6.45) is 0. The Hall–Kier alpha value is -1.63. The van der Waals surface area contributed by atoms with Crippen molar-refractivity contribution >= 4 is 46.4 Å². The van der Waals surface area contributed by atoms with Crippen LogP contribution in [0.15, 0.2) is 18.2 Å². The van der Waals surface area contributed by atoms with E-state index in [1.165, 1.54) is 0 Å². The Kier molecular flexibility index (Phi) is 5.85. The molecule has 2 rings (SSSR count). The molecule has 2 N–H and O–H groups in total. The zero-order chi connectivity index (χ0) is 18.0. The summed E-state index contributed by atoms with van der Waals surface area (Å²) in [5.74, 6) is -1.78. The van der Waals surface area contributed by atoms with E-state index in [4.69, 9.17) is 23.2 Å². The lowest BCUT2D eigenvalue weighted by molar-refractivity contribution is -0.140. The molecule has 0 saturated carbocycles.